The Morgan fingerprint density at radius 2 is 2.00 bits per heavy atom. The molecular formula is C16H22O4. The molecule has 1 aromatic rings. The average molecular weight is 278 g/mol. The van der Waals surface area contributed by atoms with Gasteiger partial charge in [-0.2, -0.15) is 0 Å². The van der Waals surface area contributed by atoms with Crippen molar-refractivity contribution in [1.82, 2.24) is 0 Å². The number of hydrogen-bond donors (Lipinski definition) is 1. The van der Waals surface area contributed by atoms with Crippen LogP contribution in [-0.2, 0) is 4.74 Å². The van der Waals surface area contributed by atoms with E-state index in [4.69, 9.17) is 14.2 Å². The summed E-state index contributed by atoms with van der Waals surface area (Å²) >= 11 is 0. The van der Waals surface area contributed by atoms with Gasteiger partial charge in [0.25, 0.3) is 0 Å². The van der Waals surface area contributed by atoms with Crippen LogP contribution in [-0.4, -0.2) is 31.5 Å². The highest BCUT2D eigenvalue weighted by Crippen LogP contribution is 2.33. The van der Waals surface area contributed by atoms with Gasteiger partial charge in [-0.25, -0.2) is 0 Å². The molecule has 0 saturated heterocycles. The van der Waals surface area contributed by atoms with Crippen LogP contribution in [0.2, 0.25) is 0 Å². The molecule has 0 bridgehead atoms. The monoisotopic (exact) mass is 278 g/mol. The summed E-state index contributed by atoms with van der Waals surface area (Å²) in [5.41, 5.74) is 0.817. The lowest BCUT2D eigenvalue weighted by Gasteiger charge is -2.25. The SMILES string of the molecule is OC(COCCC1CCC1)c1ccc2c(c1)OCCO2. The fourth-order valence-electron chi connectivity index (χ4n) is 2.59. The Morgan fingerprint density at radius 1 is 1.20 bits per heavy atom. The summed E-state index contributed by atoms with van der Waals surface area (Å²) in [5, 5.41) is 10.1. The molecule has 110 valence electrons. The Balaban J connectivity index is 1.47. The second-order valence-corrected chi connectivity index (χ2v) is 5.58. The normalized spacial score (nSPS) is 19.4. The Labute approximate surface area is 119 Å². The molecule has 1 saturated carbocycles. The van der Waals surface area contributed by atoms with Crippen LogP contribution in [0, 0.1) is 5.92 Å². The number of aliphatic hydroxyl groups excluding tert-OH is 1. The molecule has 1 N–H and O–H groups in total. The topological polar surface area (TPSA) is 47.9 Å². The molecule has 0 spiro atoms. The van der Waals surface area contributed by atoms with Crippen molar-refractivity contribution in [2.45, 2.75) is 31.8 Å². The summed E-state index contributed by atoms with van der Waals surface area (Å²) in [7, 11) is 0. The Morgan fingerprint density at radius 3 is 2.75 bits per heavy atom. The zero-order chi connectivity index (χ0) is 13.8. The second-order valence-electron chi connectivity index (χ2n) is 5.58. The van der Waals surface area contributed by atoms with Crippen molar-refractivity contribution in [2.75, 3.05) is 26.4 Å². The number of fused-ring (bicyclic) bond motifs is 1. The third kappa shape index (κ3) is 3.25. The standard InChI is InChI=1S/C16H22O4/c17-14(11-18-7-6-12-2-1-3-12)13-4-5-15-16(10-13)20-9-8-19-15/h4-5,10,12,14,17H,1-3,6-9,11H2. The van der Waals surface area contributed by atoms with Crippen LogP contribution in [0.1, 0.15) is 37.4 Å². The van der Waals surface area contributed by atoms with Crippen LogP contribution in [0.5, 0.6) is 11.5 Å². The van der Waals surface area contributed by atoms with Crippen molar-refractivity contribution in [3.63, 3.8) is 0 Å². The van der Waals surface area contributed by atoms with Gasteiger partial charge in [-0.15, -0.1) is 0 Å². The fraction of sp³-hybridized carbons (Fsp3) is 0.625. The minimum absolute atomic E-state index is 0.340. The Kier molecular flexibility index (Phi) is 4.43. The summed E-state index contributed by atoms with van der Waals surface area (Å²) < 4.78 is 16.6. The molecule has 1 fully saturated rings. The van der Waals surface area contributed by atoms with Gasteiger partial charge in [0.05, 0.1) is 6.61 Å². The van der Waals surface area contributed by atoms with Gasteiger partial charge in [-0.3, -0.25) is 0 Å². The van der Waals surface area contributed by atoms with E-state index in [1.165, 1.54) is 19.3 Å². The largest absolute Gasteiger partial charge is 0.486 e. The Bertz CT molecular complexity index is 442. The van der Waals surface area contributed by atoms with Crippen molar-refractivity contribution < 1.29 is 19.3 Å². The maximum absolute atomic E-state index is 10.1. The molecule has 1 heterocycles. The molecule has 2 aliphatic rings. The first kappa shape index (κ1) is 13.7. The van der Waals surface area contributed by atoms with E-state index in [0.717, 1.165) is 30.3 Å². The van der Waals surface area contributed by atoms with E-state index < -0.39 is 6.10 Å². The van der Waals surface area contributed by atoms with Crippen LogP contribution < -0.4 is 9.47 Å². The van der Waals surface area contributed by atoms with Crippen molar-refractivity contribution in [1.29, 1.82) is 0 Å². The predicted molar refractivity (Wildman–Crippen MR) is 75.2 cm³/mol. The van der Waals surface area contributed by atoms with Crippen LogP contribution in [0.4, 0.5) is 0 Å². The Hall–Kier alpha value is -1.26. The van der Waals surface area contributed by atoms with E-state index in [1.54, 1.807) is 0 Å². The fourth-order valence-corrected chi connectivity index (χ4v) is 2.59. The maximum Gasteiger partial charge on any atom is 0.161 e. The van der Waals surface area contributed by atoms with E-state index in [0.29, 0.717) is 25.6 Å². The van der Waals surface area contributed by atoms with E-state index >= 15 is 0 Å². The summed E-state index contributed by atoms with van der Waals surface area (Å²) in [6.07, 6.45) is 4.56. The zero-order valence-corrected chi connectivity index (χ0v) is 11.7. The van der Waals surface area contributed by atoms with E-state index in [-0.39, 0.29) is 0 Å². The first-order chi connectivity index (χ1) is 9.83. The summed E-state index contributed by atoms with van der Waals surface area (Å²) in [5.74, 6) is 2.31. The molecule has 1 aromatic carbocycles. The van der Waals surface area contributed by atoms with Crippen LogP contribution in [0.25, 0.3) is 0 Å². The number of benzene rings is 1. The molecule has 3 rings (SSSR count). The molecule has 0 radical (unpaired) electrons. The lowest BCUT2D eigenvalue weighted by Crippen LogP contribution is -2.17. The van der Waals surface area contributed by atoms with Crippen molar-refractivity contribution >= 4 is 0 Å². The maximum atomic E-state index is 10.1. The number of hydrogen-bond acceptors (Lipinski definition) is 4. The van der Waals surface area contributed by atoms with Gasteiger partial charge in [0.15, 0.2) is 11.5 Å². The lowest BCUT2D eigenvalue weighted by molar-refractivity contribution is 0.0264. The van der Waals surface area contributed by atoms with Gasteiger partial charge in [0.1, 0.15) is 19.3 Å². The molecule has 0 aromatic heterocycles. The van der Waals surface area contributed by atoms with Gasteiger partial charge in [0.2, 0.25) is 0 Å². The summed E-state index contributed by atoms with van der Waals surface area (Å²) in [6.45, 7) is 2.22. The summed E-state index contributed by atoms with van der Waals surface area (Å²) in [6, 6.07) is 5.56. The van der Waals surface area contributed by atoms with E-state index in [9.17, 15) is 5.11 Å². The highest BCUT2D eigenvalue weighted by Gasteiger charge is 2.18. The van der Waals surface area contributed by atoms with Gasteiger partial charge >= 0.3 is 0 Å². The minimum Gasteiger partial charge on any atom is -0.486 e. The zero-order valence-electron chi connectivity index (χ0n) is 11.7. The number of rotatable bonds is 6. The third-order valence-electron chi connectivity index (χ3n) is 4.12. The third-order valence-corrected chi connectivity index (χ3v) is 4.12. The van der Waals surface area contributed by atoms with Crippen molar-refractivity contribution in [2.24, 2.45) is 5.92 Å². The molecule has 20 heavy (non-hydrogen) atoms. The highest BCUT2D eigenvalue weighted by atomic mass is 16.6. The van der Waals surface area contributed by atoms with Gasteiger partial charge in [-0.1, -0.05) is 25.3 Å². The summed E-state index contributed by atoms with van der Waals surface area (Å²) in [4.78, 5) is 0. The number of ether oxygens (including phenoxy) is 3. The molecule has 1 atom stereocenters. The lowest BCUT2D eigenvalue weighted by atomic mass is 9.83. The first-order valence-electron chi connectivity index (χ1n) is 7.48. The first-order valence-corrected chi connectivity index (χ1v) is 7.48. The molecule has 1 aliphatic carbocycles. The smallest absolute Gasteiger partial charge is 0.161 e. The molecule has 0 amide bonds. The van der Waals surface area contributed by atoms with Crippen LogP contribution in [0.3, 0.4) is 0 Å². The van der Waals surface area contributed by atoms with E-state index in [2.05, 4.69) is 0 Å². The van der Waals surface area contributed by atoms with E-state index in [1.807, 2.05) is 18.2 Å². The second kappa shape index (κ2) is 6.46. The number of aliphatic hydroxyl groups is 1. The minimum atomic E-state index is -0.604. The van der Waals surface area contributed by atoms with Gasteiger partial charge in [0, 0.05) is 6.61 Å². The van der Waals surface area contributed by atoms with Crippen LogP contribution in [0.15, 0.2) is 18.2 Å². The molecule has 1 aliphatic heterocycles. The highest BCUT2D eigenvalue weighted by molar-refractivity contribution is 5.44. The molecule has 1 unspecified atom stereocenters. The van der Waals surface area contributed by atoms with Crippen molar-refractivity contribution in [3.05, 3.63) is 23.8 Å². The average Bonchev–Trinajstić information content (AvgIpc) is 2.44. The molecule has 4 heteroatoms. The van der Waals surface area contributed by atoms with Gasteiger partial charge in [-0.05, 0) is 30.0 Å². The van der Waals surface area contributed by atoms with Gasteiger partial charge < -0.3 is 19.3 Å². The van der Waals surface area contributed by atoms with Crippen LogP contribution >= 0.6 is 0 Å². The quantitative estimate of drug-likeness (QED) is 0.813. The molecular weight excluding hydrogens is 256 g/mol. The molecule has 4 nitrogen and oxygen atoms in total. The van der Waals surface area contributed by atoms with Crippen molar-refractivity contribution in [3.8, 4) is 11.5 Å². The predicted octanol–water partition coefficient (Wildman–Crippen LogP) is 2.70.